The van der Waals surface area contributed by atoms with E-state index in [2.05, 4.69) is 0 Å². The van der Waals surface area contributed by atoms with Gasteiger partial charge in [0.2, 0.25) is 0 Å². The first-order chi connectivity index (χ1) is 10.1. The van der Waals surface area contributed by atoms with E-state index < -0.39 is 5.91 Å². The molecule has 5 heteroatoms. The lowest BCUT2D eigenvalue weighted by Gasteiger charge is -2.15. The van der Waals surface area contributed by atoms with Crippen LogP contribution in [0.1, 0.15) is 48.9 Å². The minimum absolute atomic E-state index is 0.00944. The second-order valence-electron chi connectivity index (χ2n) is 5.30. The van der Waals surface area contributed by atoms with Crippen LogP contribution in [0.15, 0.2) is 24.3 Å². The Balaban J connectivity index is 1.94. The molecule has 0 radical (unpaired) electrons. The minimum Gasteiger partial charge on any atom is -0.484 e. The molecule has 5 nitrogen and oxygen atoms in total. The molecule has 1 aromatic rings. The van der Waals surface area contributed by atoms with Crippen LogP contribution in [0.4, 0.5) is 0 Å². The van der Waals surface area contributed by atoms with Crippen molar-refractivity contribution in [1.82, 2.24) is 0 Å². The van der Waals surface area contributed by atoms with Crippen molar-refractivity contribution in [3.8, 4) is 5.75 Å². The lowest BCUT2D eigenvalue weighted by Crippen LogP contribution is -2.20. The average Bonchev–Trinajstić information content (AvgIpc) is 2.74. The Hall–Kier alpha value is -2.04. The predicted molar refractivity (Wildman–Crippen MR) is 78.0 cm³/mol. The second-order valence-corrected chi connectivity index (χ2v) is 5.30. The molecule has 2 rings (SSSR count). The van der Waals surface area contributed by atoms with Crippen LogP contribution in [0.5, 0.6) is 5.75 Å². The number of hydrogen-bond donors (Lipinski definition) is 1. The van der Waals surface area contributed by atoms with Crippen LogP contribution in [0, 0.1) is 0 Å². The largest absolute Gasteiger partial charge is 0.484 e. The van der Waals surface area contributed by atoms with Crippen LogP contribution < -0.4 is 10.5 Å². The van der Waals surface area contributed by atoms with Gasteiger partial charge >= 0.3 is 5.97 Å². The summed E-state index contributed by atoms with van der Waals surface area (Å²) < 4.78 is 10.7. The van der Waals surface area contributed by atoms with Gasteiger partial charge < -0.3 is 15.2 Å². The molecule has 114 valence electrons. The van der Waals surface area contributed by atoms with Crippen molar-refractivity contribution in [3.05, 3.63) is 29.8 Å². The highest BCUT2D eigenvalue weighted by molar-refractivity contribution is 5.90. The van der Waals surface area contributed by atoms with Crippen LogP contribution in [0.3, 0.4) is 0 Å². The quantitative estimate of drug-likeness (QED) is 0.667. The zero-order chi connectivity index (χ0) is 15.1. The fraction of sp³-hybridized carbons (Fsp3) is 0.500. The Morgan fingerprint density at radius 2 is 1.86 bits per heavy atom. The van der Waals surface area contributed by atoms with Crippen molar-refractivity contribution < 1.29 is 19.1 Å². The Labute approximate surface area is 124 Å². The Morgan fingerprint density at radius 3 is 2.52 bits per heavy atom. The number of nitrogens with two attached hydrogens (primary N) is 1. The lowest BCUT2D eigenvalue weighted by molar-refractivity contribution is -0.119. The molecule has 0 atom stereocenters. The number of esters is 1. The molecule has 0 bridgehead atoms. The van der Waals surface area contributed by atoms with Crippen molar-refractivity contribution in [2.75, 3.05) is 6.61 Å². The van der Waals surface area contributed by atoms with Gasteiger partial charge in [-0.25, -0.2) is 4.79 Å². The van der Waals surface area contributed by atoms with Gasteiger partial charge in [0.25, 0.3) is 5.91 Å². The zero-order valence-electron chi connectivity index (χ0n) is 12.0. The van der Waals surface area contributed by atoms with Gasteiger partial charge in [-0.15, -0.1) is 0 Å². The first-order valence-corrected chi connectivity index (χ1v) is 7.37. The molecule has 0 saturated heterocycles. The van der Waals surface area contributed by atoms with E-state index in [1.54, 1.807) is 24.3 Å². The van der Waals surface area contributed by atoms with Crippen LogP contribution in [-0.4, -0.2) is 24.6 Å². The van der Waals surface area contributed by atoms with E-state index in [0.717, 1.165) is 25.7 Å². The Bertz CT molecular complexity index is 493. The maximum atomic E-state index is 12.1. The number of ether oxygens (including phenoxy) is 2. The average molecular weight is 291 g/mol. The topological polar surface area (TPSA) is 78.6 Å². The number of primary amides is 1. The number of hydrogen-bond acceptors (Lipinski definition) is 4. The summed E-state index contributed by atoms with van der Waals surface area (Å²) in [6, 6.07) is 6.61. The second kappa shape index (κ2) is 7.67. The van der Waals surface area contributed by atoms with Gasteiger partial charge in [0.1, 0.15) is 11.9 Å². The molecule has 1 aliphatic rings. The number of rotatable bonds is 5. The van der Waals surface area contributed by atoms with Crippen molar-refractivity contribution >= 4 is 11.9 Å². The van der Waals surface area contributed by atoms with Gasteiger partial charge in [-0.05, 0) is 43.9 Å². The van der Waals surface area contributed by atoms with Gasteiger partial charge in [0.05, 0.1) is 5.56 Å². The molecule has 0 spiro atoms. The van der Waals surface area contributed by atoms with Crippen LogP contribution in [0.2, 0.25) is 0 Å². The molecule has 1 saturated carbocycles. The molecule has 0 unspecified atom stereocenters. The third-order valence-corrected chi connectivity index (χ3v) is 3.53. The van der Waals surface area contributed by atoms with Crippen molar-refractivity contribution in [2.24, 2.45) is 5.73 Å². The van der Waals surface area contributed by atoms with Gasteiger partial charge in [-0.2, -0.15) is 0 Å². The van der Waals surface area contributed by atoms with Gasteiger partial charge in [0.15, 0.2) is 6.61 Å². The fourth-order valence-corrected chi connectivity index (χ4v) is 2.45. The molecule has 1 amide bonds. The summed E-state index contributed by atoms with van der Waals surface area (Å²) in [7, 11) is 0. The maximum Gasteiger partial charge on any atom is 0.338 e. The molecule has 1 fully saturated rings. The van der Waals surface area contributed by atoms with Crippen LogP contribution in [0.25, 0.3) is 0 Å². The highest BCUT2D eigenvalue weighted by atomic mass is 16.5. The summed E-state index contributed by atoms with van der Waals surface area (Å²) in [5.41, 5.74) is 5.45. The van der Waals surface area contributed by atoms with E-state index in [0.29, 0.717) is 11.3 Å². The number of carbonyl (C=O) groups is 2. The normalized spacial score (nSPS) is 16.0. The van der Waals surface area contributed by atoms with E-state index in [9.17, 15) is 9.59 Å². The predicted octanol–water partition coefficient (Wildman–Crippen LogP) is 2.43. The van der Waals surface area contributed by atoms with E-state index in [1.807, 2.05) is 0 Å². The molecule has 2 N–H and O–H groups in total. The van der Waals surface area contributed by atoms with Gasteiger partial charge in [0, 0.05) is 0 Å². The SMILES string of the molecule is NC(=O)COc1cccc(C(=O)OC2CCCCCC2)c1. The fourth-order valence-electron chi connectivity index (χ4n) is 2.45. The maximum absolute atomic E-state index is 12.1. The number of benzene rings is 1. The third-order valence-electron chi connectivity index (χ3n) is 3.53. The van der Waals surface area contributed by atoms with Crippen molar-refractivity contribution in [1.29, 1.82) is 0 Å². The molecule has 0 heterocycles. The van der Waals surface area contributed by atoms with E-state index in [1.165, 1.54) is 12.8 Å². The highest BCUT2D eigenvalue weighted by Gasteiger charge is 2.18. The van der Waals surface area contributed by atoms with Gasteiger partial charge in [-0.3, -0.25) is 4.79 Å². The monoisotopic (exact) mass is 291 g/mol. The lowest BCUT2D eigenvalue weighted by atomic mass is 10.1. The van der Waals surface area contributed by atoms with E-state index >= 15 is 0 Å². The summed E-state index contributed by atoms with van der Waals surface area (Å²) >= 11 is 0. The molecule has 0 aliphatic heterocycles. The molecule has 1 aromatic carbocycles. The minimum atomic E-state index is -0.554. The summed E-state index contributed by atoms with van der Waals surface area (Å²) in [5, 5.41) is 0. The smallest absolute Gasteiger partial charge is 0.338 e. The molecular formula is C16H21NO4. The first-order valence-electron chi connectivity index (χ1n) is 7.37. The molecule has 1 aliphatic carbocycles. The first kappa shape index (κ1) is 15.4. The number of carbonyl (C=O) groups excluding carboxylic acids is 2. The van der Waals surface area contributed by atoms with E-state index in [4.69, 9.17) is 15.2 Å². The molecule has 0 aromatic heterocycles. The third kappa shape index (κ3) is 5.10. The number of amides is 1. The standard InChI is InChI=1S/C16H21NO4/c17-15(18)11-20-14-9-5-6-12(10-14)16(19)21-13-7-3-1-2-4-8-13/h5-6,9-10,13H,1-4,7-8,11H2,(H2,17,18). The summed E-state index contributed by atoms with van der Waals surface area (Å²) in [6.45, 7) is -0.207. The zero-order valence-corrected chi connectivity index (χ0v) is 12.0. The molecular weight excluding hydrogens is 270 g/mol. The summed E-state index contributed by atoms with van der Waals surface area (Å²) in [5.74, 6) is -0.461. The molecule has 21 heavy (non-hydrogen) atoms. The summed E-state index contributed by atoms with van der Waals surface area (Å²) in [4.78, 5) is 22.8. The van der Waals surface area contributed by atoms with Gasteiger partial charge in [-0.1, -0.05) is 18.9 Å². The van der Waals surface area contributed by atoms with Crippen LogP contribution in [-0.2, 0) is 9.53 Å². The Morgan fingerprint density at radius 1 is 1.14 bits per heavy atom. The summed E-state index contributed by atoms with van der Waals surface area (Å²) in [6.07, 6.45) is 6.52. The van der Waals surface area contributed by atoms with E-state index in [-0.39, 0.29) is 18.7 Å². The highest BCUT2D eigenvalue weighted by Crippen LogP contribution is 2.22. The van der Waals surface area contributed by atoms with Crippen molar-refractivity contribution in [2.45, 2.75) is 44.6 Å². The Kier molecular flexibility index (Phi) is 5.60. The van der Waals surface area contributed by atoms with Crippen molar-refractivity contribution in [3.63, 3.8) is 0 Å². The van der Waals surface area contributed by atoms with Crippen LogP contribution >= 0.6 is 0 Å².